The molecule has 142 valence electrons. The number of carbonyl (C=O) groups is 2. The van der Waals surface area contributed by atoms with Crippen LogP contribution in [0.2, 0.25) is 0 Å². The number of allylic oxidation sites excluding steroid dienone is 2. The zero-order valence-electron chi connectivity index (χ0n) is 13.9. The second-order valence-corrected chi connectivity index (χ2v) is 6.57. The number of ether oxygens (including phenoxy) is 2. The van der Waals surface area contributed by atoms with Crippen molar-refractivity contribution < 1.29 is 28.4 Å². The lowest BCUT2D eigenvalue weighted by Crippen LogP contribution is -2.28. The number of nitrogens with zero attached hydrogens (tertiary/aromatic N) is 2. The first-order valence-corrected chi connectivity index (χ1v) is 8.70. The molecule has 1 aromatic carbocycles. The van der Waals surface area contributed by atoms with E-state index in [9.17, 15) is 24.1 Å². The smallest absolute Gasteiger partial charge is 0.355 e. The number of esters is 2. The Balaban J connectivity index is 2.91. The molecule has 0 N–H and O–H groups in total. The van der Waals surface area contributed by atoms with Crippen LogP contribution in [-0.4, -0.2) is 31.1 Å². The van der Waals surface area contributed by atoms with E-state index in [0.717, 1.165) is 25.2 Å². The molecule has 1 heterocycles. The summed E-state index contributed by atoms with van der Waals surface area (Å²) in [6, 6.07) is 0.953. The monoisotopic (exact) mass is 504 g/mol. The van der Waals surface area contributed by atoms with E-state index >= 15 is 0 Å². The van der Waals surface area contributed by atoms with Crippen molar-refractivity contribution in [3.63, 3.8) is 0 Å². The van der Waals surface area contributed by atoms with Gasteiger partial charge >= 0.3 is 11.9 Å². The minimum Gasteiger partial charge on any atom is -0.465 e. The third-order valence-electron chi connectivity index (χ3n) is 3.44. The average molecular weight is 506 g/mol. The zero-order chi connectivity index (χ0) is 20.3. The Morgan fingerprint density at radius 3 is 2.37 bits per heavy atom. The van der Waals surface area contributed by atoms with E-state index in [0.29, 0.717) is 0 Å². The zero-order valence-corrected chi connectivity index (χ0v) is 17.0. The summed E-state index contributed by atoms with van der Waals surface area (Å²) in [5.41, 5.74) is -1.42. The van der Waals surface area contributed by atoms with E-state index in [1.807, 2.05) is 0 Å². The molecule has 8 nitrogen and oxygen atoms in total. The van der Waals surface area contributed by atoms with Crippen LogP contribution in [0.25, 0.3) is 0 Å². The largest absolute Gasteiger partial charge is 0.465 e. The van der Waals surface area contributed by atoms with Crippen molar-refractivity contribution in [3.05, 3.63) is 66.6 Å². The number of nitro benzene ring substituents is 1. The predicted octanol–water partition coefficient (Wildman–Crippen LogP) is 3.75. The van der Waals surface area contributed by atoms with Crippen molar-refractivity contribution in [1.82, 2.24) is 0 Å². The van der Waals surface area contributed by atoms with Gasteiger partial charge in [0.2, 0.25) is 0 Å². The van der Waals surface area contributed by atoms with E-state index in [-0.39, 0.29) is 25.9 Å². The number of anilines is 1. The van der Waals surface area contributed by atoms with Gasteiger partial charge in [0.05, 0.1) is 33.7 Å². The summed E-state index contributed by atoms with van der Waals surface area (Å²) in [6.45, 7) is 0. The first-order chi connectivity index (χ1) is 12.7. The average Bonchev–Trinajstić information content (AvgIpc) is 2.87. The highest BCUT2D eigenvalue weighted by molar-refractivity contribution is 9.11. The lowest BCUT2D eigenvalue weighted by atomic mass is 10.1. The minimum absolute atomic E-state index is 0.154. The van der Waals surface area contributed by atoms with Crippen molar-refractivity contribution in [3.8, 4) is 0 Å². The summed E-state index contributed by atoms with van der Waals surface area (Å²) in [6.07, 6.45) is 5.38. The number of hydrogen-bond acceptors (Lipinski definition) is 7. The fourth-order valence-electron chi connectivity index (χ4n) is 2.28. The summed E-state index contributed by atoms with van der Waals surface area (Å²) < 4.78 is 23.4. The van der Waals surface area contributed by atoms with Gasteiger partial charge in [-0.05, 0) is 44.0 Å². The maximum Gasteiger partial charge on any atom is 0.355 e. The van der Waals surface area contributed by atoms with Crippen LogP contribution in [0.5, 0.6) is 0 Å². The fourth-order valence-corrected chi connectivity index (χ4v) is 3.57. The van der Waals surface area contributed by atoms with Gasteiger partial charge in [0.15, 0.2) is 5.82 Å². The van der Waals surface area contributed by atoms with Gasteiger partial charge in [0.25, 0.3) is 5.69 Å². The van der Waals surface area contributed by atoms with Gasteiger partial charge in [-0.2, -0.15) is 0 Å². The molecular formula is C16H11Br2FN2O6. The third-order valence-corrected chi connectivity index (χ3v) is 4.74. The van der Waals surface area contributed by atoms with Crippen LogP contribution in [0, 0.1) is 15.9 Å². The molecule has 1 aliphatic rings. The molecule has 0 aromatic heterocycles. The first kappa shape index (κ1) is 20.8. The topological polar surface area (TPSA) is 99.0 Å². The molecule has 0 atom stereocenters. The molecule has 11 heteroatoms. The lowest BCUT2D eigenvalue weighted by Gasteiger charge is -2.24. The van der Waals surface area contributed by atoms with Crippen molar-refractivity contribution in [2.24, 2.45) is 0 Å². The third kappa shape index (κ3) is 3.93. The van der Waals surface area contributed by atoms with Crippen LogP contribution in [0.1, 0.15) is 0 Å². The summed E-state index contributed by atoms with van der Waals surface area (Å²) in [5, 5.41) is 11.5. The number of benzene rings is 1. The molecule has 0 saturated heterocycles. The molecule has 0 spiro atoms. The van der Waals surface area contributed by atoms with E-state index in [4.69, 9.17) is 4.74 Å². The van der Waals surface area contributed by atoms with E-state index in [2.05, 4.69) is 36.6 Å². The molecule has 1 aliphatic heterocycles. The quantitative estimate of drug-likeness (QED) is 0.266. The highest BCUT2D eigenvalue weighted by Gasteiger charge is 2.34. The molecule has 0 bridgehead atoms. The molecular weight excluding hydrogens is 495 g/mol. The number of rotatable bonds is 4. The van der Waals surface area contributed by atoms with Crippen molar-refractivity contribution in [2.45, 2.75) is 0 Å². The summed E-state index contributed by atoms with van der Waals surface area (Å²) in [4.78, 5) is 36.3. The predicted molar refractivity (Wildman–Crippen MR) is 100 cm³/mol. The second-order valence-electron chi connectivity index (χ2n) is 4.93. The molecule has 27 heavy (non-hydrogen) atoms. The van der Waals surface area contributed by atoms with Gasteiger partial charge in [0.1, 0.15) is 11.4 Å². The Kier molecular flexibility index (Phi) is 6.50. The van der Waals surface area contributed by atoms with E-state index < -0.39 is 28.4 Å². The van der Waals surface area contributed by atoms with Crippen LogP contribution in [-0.2, 0) is 19.1 Å². The maximum atomic E-state index is 14.4. The second kappa shape index (κ2) is 8.44. The fraction of sp³-hybridized carbons (Fsp3) is 0.125. The van der Waals surface area contributed by atoms with Crippen LogP contribution in [0.3, 0.4) is 0 Å². The van der Waals surface area contributed by atoms with Gasteiger partial charge in [-0.1, -0.05) is 6.08 Å². The van der Waals surface area contributed by atoms with Gasteiger partial charge in [-0.3, -0.25) is 10.1 Å². The van der Waals surface area contributed by atoms with Crippen molar-refractivity contribution in [1.29, 1.82) is 0 Å². The summed E-state index contributed by atoms with van der Waals surface area (Å²) in [7, 11) is 2.19. The Morgan fingerprint density at radius 2 is 1.81 bits per heavy atom. The maximum absolute atomic E-state index is 14.4. The van der Waals surface area contributed by atoms with Crippen LogP contribution in [0.4, 0.5) is 15.8 Å². The van der Waals surface area contributed by atoms with E-state index in [1.54, 1.807) is 0 Å². The normalized spacial score (nSPS) is 13.4. The highest BCUT2D eigenvalue weighted by Crippen LogP contribution is 2.43. The molecule has 0 amide bonds. The molecule has 0 aliphatic carbocycles. The SMILES string of the molecule is COC(=O)C1=C(C(=O)OC)N(c2c([N+](=O)[O-])cc(Br)c(F)c2Br)C=CC=C1. The summed E-state index contributed by atoms with van der Waals surface area (Å²) >= 11 is 5.89. The number of methoxy groups -OCH3 is 2. The Bertz CT molecular complexity index is 926. The Hall–Kier alpha value is -2.53. The Labute approximate surface area is 169 Å². The molecule has 2 rings (SSSR count). The molecule has 1 aromatic rings. The summed E-state index contributed by atoms with van der Waals surface area (Å²) in [5.74, 6) is -2.68. The van der Waals surface area contributed by atoms with Gasteiger partial charge < -0.3 is 14.4 Å². The van der Waals surface area contributed by atoms with Gasteiger partial charge in [-0.25, -0.2) is 14.0 Å². The van der Waals surface area contributed by atoms with Gasteiger partial charge in [-0.15, -0.1) is 0 Å². The number of nitro groups is 1. The molecule has 0 fully saturated rings. The Morgan fingerprint density at radius 1 is 1.19 bits per heavy atom. The number of carbonyl (C=O) groups excluding carboxylic acids is 2. The number of halogens is 3. The van der Waals surface area contributed by atoms with Crippen molar-refractivity contribution >= 4 is 55.2 Å². The van der Waals surface area contributed by atoms with Crippen LogP contribution in [0.15, 0.2) is 50.7 Å². The lowest BCUT2D eigenvalue weighted by molar-refractivity contribution is -0.384. The van der Waals surface area contributed by atoms with Crippen molar-refractivity contribution in [2.75, 3.05) is 19.1 Å². The van der Waals surface area contributed by atoms with E-state index in [1.165, 1.54) is 24.4 Å². The van der Waals surface area contributed by atoms with Crippen LogP contribution >= 0.6 is 31.9 Å². The first-order valence-electron chi connectivity index (χ1n) is 7.11. The number of hydrogen-bond donors (Lipinski definition) is 0. The molecule has 0 radical (unpaired) electrons. The molecule has 0 saturated carbocycles. The molecule has 0 unspecified atom stereocenters. The minimum atomic E-state index is -0.976. The van der Waals surface area contributed by atoms with Crippen LogP contribution < -0.4 is 4.90 Å². The highest BCUT2D eigenvalue weighted by atomic mass is 79.9. The standard InChI is InChI=1S/C16H11Br2FN2O6/c1-26-15(22)8-5-3-4-6-20(13(8)16(23)27-2)14-10(21(24)25)7-9(17)12(19)11(14)18/h3-7H,1-2H3. The van der Waals surface area contributed by atoms with Gasteiger partial charge in [0, 0.05) is 12.3 Å².